The number of amides is 1. The molecule has 0 bridgehead atoms. The Morgan fingerprint density at radius 3 is 1.49 bits per heavy atom. The molecule has 3 aliphatic heterocycles. The summed E-state index contributed by atoms with van der Waals surface area (Å²) in [5, 5.41) is 11.3. The third kappa shape index (κ3) is 19.4. The largest absolute Gasteiger partial charge is 0.444 e. The van der Waals surface area contributed by atoms with E-state index < -0.39 is 73.9 Å². The molecule has 4 atom stereocenters. The summed E-state index contributed by atoms with van der Waals surface area (Å²) in [4.78, 5) is 41.6. The van der Waals surface area contributed by atoms with Crippen molar-refractivity contribution in [3.63, 3.8) is 0 Å². The number of hydrogen-bond donors (Lipinski definition) is 6. The van der Waals surface area contributed by atoms with Gasteiger partial charge in [-0.1, -0.05) is 29.7 Å². The highest BCUT2D eigenvalue weighted by molar-refractivity contribution is 14.1. The van der Waals surface area contributed by atoms with Crippen molar-refractivity contribution in [3.8, 4) is 0 Å². The molecule has 0 saturated heterocycles. The molecular formula is C41H72I2N16O10S9. The second kappa shape index (κ2) is 28.1. The summed E-state index contributed by atoms with van der Waals surface area (Å²) in [5.74, 6) is -0.706. The lowest BCUT2D eigenvalue weighted by atomic mass is 10.1. The van der Waals surface area contributed by atoms with Crippen molar-refractivity contribution in [1.82, 2.24) is 48.2 Å². The summed E-state index contributed by atoms with van der Waals surface area (Å²) in [6.07, 6.45) is 5.82. The van der Waals surface area contributed by atoms with E-state index >= 15 is 0 Å². The Hall–Kier alpha value is -3.29. The van der Waals surface area contributed by atoms with Gasteiger partial charge in [-0.05, 0) is 113 Å². The summed E-state index contributed by atoms with van der Waals surface area (Å²) < 4.78 is 108. The second-order valence-electron chi connectivity index (χ2n) is 17.9. The number of halogens is 2. The third-order valence-electron chi connectivity index (χ3n) is 10.1. The van der Waals surface area contributed by atoms with Crippen molar-refractivity contribution in [1.29, 1.82) is 0 Å². The SMILES string of the molecule is C.C.C.C.CN1C(N)=N[C@](C)(c2ncc(I)s2)CS1(=O)=O.CN1C(N)=N[C@](C)(c2nccs2)CS1(=O)=O.CN1C(NC(=O)OC(C)(C)C)=N[C@](C)(c2ncc(I)s2)CS1(=O)=O.CNS(=O)(=O)C[C@](C)(NC(N)=S)c1nccs1. The van der Waals surface area contributed by atoms with Gasteiger partial charge in [-0.3, -0.25) is 5.32 Å². The van der Waals surface area contributed by atoms with Crippen LogP contribution in [0.1, 0.15) is 98.2 Å². The average molecular weight is 1490 g/mol. The first-order valence-corrected chi connectivity index (χ1v) is 33.4. The molecule has 7 rings (SSSR count). The minimum absolute atomic E-state index is 0. The molecule has 0 saturated carbocycles. The van der Waals surface area contributed by atoms with Crippen LogP contribution in [0.2, 0.25) is 0 Å². The quantitative estimate of drug-likeness (QED) is 0.101. The van der Waals surface area contributed by atoms with Crippen molar-refractivity contribution >= 4 is 172 Å². The lowest BCUT2D eigenvalue weighted by Crippen LogP contribution is -2.54. The molecule has 0 unspecified atom stereocenters. The number of aromatic nitrogens is 4. The van der Waals surface area contributed by atoms with Gasteiger partial charge in [-0.15, -0.1) is 45.3 Å². The summed E-state index contributed by atoms with van der Waals surface area (Å²) in [7, 11) is -8.37. The fraction of sp³-hybridized carbons (Fsp3) is 0.585. The van der Waals surface area contributed by atoms with Gasteiger partial charge in [-0.25, -0.2) is 91.0 Å². The van der Waals surface area contributed by atoms with Crippen LogP contribution in [0.4, 0.5) is 4.79 Å². The molecule has 0 aromatic carbocycles. The Bertz CT molecular complexity index is 3230. The van der Waals surface area contributed by atoms with Crippen LogP contribution in [0.15, 0.2) is 50.5 Å². The van der Waals surface area contributed by atoms with Crippen LogP contribution in [0.3, 0.4) is 0 Å². The van der Waals surface area contributed by atoms with E-state index in [1.807, 2.05) is 0 Å². The van der Waals surface area contributed by atoms with Crippen LogP contribution in [-0.2, 0) is 67.0 Å². The van der Waals surface area contributed by atoms with Crippen molar-refractivity contribution in [3.05, 3.63) is 61.3 Å². The maximum absolute atomic E-state index is 12.5. The molecule has 4 aromatic heterocycles. The molecule has 0 fully saturated rings. The first-order chi connectivity index (χ1) is 33.7. The minimum atomic E-state index is -3.65. The van der Waals surface area contributed by atoms with E-state index in [9.17, 15) is 38.5 Å². The van der Waals surface area contributed by atoms with Gasteiger partial charge in [0.2, 0.25) is 58.0 Å². The second-order valence-corrected chi connectivity index (χ2v) is 33.9. The predicted octanol–water partition coefficient (Wildman–Crippen LogP) is 4.90. The smallest absolute Gasteiger partial charge is 0.414 e. The van der Waals surface area contributed by atoms with Crippen LogP contribution in [-0.4, -0.2) is 152 Å². The molecule has 78 heavy (non-hydrogen) atoms. The van der Waals surface area contributed by atoms with E-state index in [1.165, 1.54) is 73.5 Å². The molecule has 37 heteroatoms. The number of nitrogens with one attached hydrogen (secondary N) is 3. The summed E-state index contributed by atoms with van der Waals surface area (Å²) in [5.41, 5.74) is 12.2. The van der Waals surface area contributed by atoms with E-state index in [4.69, 9.17) is 34.2 Å². The summed E-state index contributed by atoms with van der Waals surface area (Å²) in [6.45, 7) is 12.0. The summed E-state index contributed by atoms with van der Waals surface area (Å²) in [6, 6.07) is 0. The highest BCUT2D eigenvalue weighted by Gasteiger charge is 2.45. The van der Waals surface area contributed by atoms with E-state index in [1.54, 1.807) is 84.0 Å². The molecule has 7 heterocycles. The van der Waals surface area contributed by atoms with Gasteiger partial charge >= 0.3 is 6.09 Å². The van der Waals surface area contributed by atoms with Crippen LogP contribution in [0.25, 0.3) is 0 Å². The first kappa shape index (κ1) is 74.7. The molecule has 4 aromatic rings. The zero-order valence-corrected chi connectivity index (χ0v) is 53.2. The number of rotatable bonds is 8. The molecule has 0 spiro atoms. The first-order valence-electron chi connectivity index (χ1n) is 20.9. The fourth-order valence-electron chi connectivity index (χ4n) is 6.52. The van der Waals surface area contributed by atoms with Crippen LogP contribution >= 0.6 is 103 Å². The number of carbonyl (C=O) groups excluding carboxylic acids is 1. The normalized spacial score (nSPS) is 22.6. The van der Waals surface area contributed by atoms with Gasteiger partial charge in [-0.2, -0.15) is 0 Å². The lowest BCUT2D eigenvalue weighted by molar-refractivity contribution is 0.0558. The molecule has 0 radical (unpaired) electrons. The molecule has 3 aliphatic rings. The number of ether oxygens (including phenoxy) is 1. The number of thiazole rings is 4. The van der Waals surface area contributed by atoms with Crippen molar-refractivity contribution < 1.29 is 43.2 Å². The number of alkyl carbamates (subject to hydrolysis) is 1. The van der Waals surface area contributed by atoms with Crippen LogP contribution in [0, 0.1) is 5.77 Å². The standard InChI is InChI=1S/C13H19IN4O4S2.C8H11IN4O2S2.C8H14N4O2S3.C8H12N4O2S2.4CH4/c1-12(2,3)22-11(19)16-10-17-13(4,7-24(20,21)18(10)5)9-15-6-8(14)23-9;1-8(6-11-3-5(9)16-6)4-17(14,15)13(2)7(10)12-8;1-8(12-7(9)15,5-17(13,14)10-2)6-11-3-4-16-6;1-8(6-10-3-4-15-6)5-16(13,14)12(2)7(9)11-8;;;;/h6H,7H2,1-5H3,(H,16,17,19);3H,4H2,1-2H3,(H2,10,12);3-4,10H,5H2,1-2H3,(H3,9,12,15);3-4H,5H2,1-2H3,(H2,9,11);4*1H4/t13-;3*8-;;;;/m0000..../s1. The van der Waals surface area contributed by atoms with Gasteiger partial charge in [0, 0.05) is 44.3 Å². The predicted molar refractivity (Wildman–Crippen MR) is 338 cm³/mol. The van der Waals surface area contributed by atoms with Crippen LogP contribution in [0.5, 0.6) is 0 Å². The Balaban J connectivity index is 0.00000101. The van der Waals surface area contributed by atoms with Crippen LogP contribution < -0.4 is 32.6 Å². The zero-order chi connectivity index (χ0) is 56.3. The number of carbonyl (C=O) groups is 1. The van der Waals surface area contributed by atoms with Crippen molar-refractivity contribution in [2.45, 2.75) is 106 Å². The Kier molecular flexibility index (Phi) is 26.9. The van der Waals surface area contributed by atoms with Gasteiger partial charge in [0.05, 0.1) is 23.9 Å². The maximum atomic E-state index is 12.5. The highest BCUT2D eigenvalue weighted by Crippen LogP contribution is 2.37. The van der Waals surface area contributed by atoms with E-state index in [2.05, 4.69) is 95.5 Å². The Morgan fingerprint density at radius 1 is 0.731 bits per heavy atom. The van der Waals surface area contributed by atoms with Gasteiger partial charge in [0.15, 0.2) is 5.11 Å². The van der Waals surface area contributed by atoms with E-state index in [0.29, 0.717) is 20.0 Å². The van der Waals surface area contributed by atoms with E-state index in [-0.39, 0.29) is 75.7 Å². The molecule has 1 amide bonds. The van der Waals surface area contributed by atoms with Crippen molar-refractivity contribution in [2.75, 3.05) is 51.2 Å². The van der Waals surface area contributed by atoms with E-state index in [0.717, 1.165) is 18.7 Å². The number of guanidine groups is 3. The average Bonchev–Trinajstić information content (AvgIpc) is 4.10. The number of nitrogens with zero attached hydrogens (tertiary/aromatic N) is 10. The van der Waals surface area contributed by atoms with Gasteiger partial charge < -0.3 is 27.3 Å². The number of thiocarbonyl (C=S) groups is 1. The number of nitrogens with two attached hydrogens (primary N) is 3. The Morgan fingerprint density at radius 2 is 1.14 bits per heavy atom. The third-order valence-corrected chi connectivity index (χ3v) is 23.7. The fourth-order valence-corrected chi connectivity index (χ4v) is 17.0. The Labute approximate surface area is 508 Å². The molecule has 9 N–H and O–H groups in total. The number of hydrogen-bond acceptors (Lipinski definition) is 24. The minimum Gasteiger partial charge on any atom is -0.444 e. The summed E-state index contributed by atoms with van der Waals surface area (Å²) >= 11 is 14.5. The van der Waals surface area contributed by atoms with Gasteiger partial charge in [0.25, 0.3) is 0 Å². The maximum Gasteiger partial charge on any atom is 0.414 e. The van der Waals surface area contributed by atoms with Gasteiger partial charge in [0.1, 0.15) is 65.0 Å². The molecular weight excluding hydrogens is 1420 g/mol. The highest BCUT2D eigenvalue weighted by atomic mass is 127. The molecule has 26 nitrogen and oxygen atoms in total. The lowest BCUT2D eigenvalue weighted by Gasteiger charge is -2.34. The zero-order valence-electron chi connectivity index (χ0n) is 41.5. The monoisotopic (exact) mass is 1490 g/mol. The molecule has 0 aliphatic carbocycles. The topological polar surface area (TPSA) is 375 Å². The van der Waals surface area contributed by atoms with Crippen molar-refractivity contribution in [2.24, 2.45) is 32.2 Å². The number of sulfonamides is 4. The molecule has 444 valence electrons. The number of aliphatic imine (C=N–C) groups is 3.